The fourth-order valence-electron chi connectivity index (χ4n) is 2.35. The topological polar surface area (TPSA) is 29.9 Å². The van der Waals surface area contributed by atoms with Gasteiger partial charge >= 0.3 is 0 Å². The van der Waals surface area contributed by atoms with Crippen molar-refractivity contribution in [3.8, 4) is 0 Å². The summed E-state index contributed by atoms with van der Waals surface area (Å²) in [6.45, 7) is 12.0. The minimum Gasteiger partial charge on any atom is -0.309 e. The van der Waals surface area contributed by atoms with Gasteiger partial charge in [-0.15, -0.1) is 11.3 Å². The third-order valence-corrected chi connectivity index (χ3v) is 5.04. The van der Waals surface area contributed by atoms with Crippen LogP contribution in [0.25, 0.3) is 0 Å². The molecule has 0 bridgehead atoms. The van der Waals surface area contributed by atoms with Crippen molar-refractivity contribution in [1.82, 2.24) is 15.1 Å². The van der Waals surface area contributed by atoms with Gasteiger partial charge in [0.2, 0.25) is 0 Å². The highest BCUT2D eigenvalue weighted by Gasteiger charge is 2.16. The van der Waals surface area contributed by atoms with E-state index < -0.39 is 0 Å². The Hall–Kier alpha value is -1.13. The summed E-state index contributed by atoms with van der Waals surface area (Å²) in [4.78, 5) is 2.85. The third kappa shape index (κ3) is 4.17. The minimum absolute atomic E-state index is 0.373. The van der Waals surface area contributed by atoms with E-state index in [4.69, 9.17) is 5.10 Å². The zero-order valence-electron chi connectivity index (χ0n) is 13.8. The van der Waals surface area contributed by atoms with Gasteiger partial charge in [-0.1, -0.05) is 6.92 Å². The van der Waals surface area contributed by atoms with Crippen LogP contribution in [0.5, 0.6) is 0 Å². The van der Waals surface area contributed by atoms with Crippen LogP contribution in [0.2, 0.25) is 0 Å². The van der Waals surface area contributed by atoms with Crippen molar-refractivity contribution in [1.29, 1.82) is 0 Å². The van der Waals surface area contributed by atoms with Crippen molar-refractivity contribution in [2.24, 2.45) is 0 Å². The number of nitrogens with zero attached hydrogens (tertiary/aromatic N) is 2. The Balaban J connectivity index is 2.15. The largest absolute Gasteiger partial charge is 0.309 e. The lowest BCUT2D eigenvalue weighted by molar-refractivity contribution is 0.503. The van der Waals surface area contributed by atoms with Gasteiger partial charge in [0.05, 0.1) is 5.69 Å². The van der Waals surface area contributed by atoms with Gasteiger partial charge in [-0.2, -0.15) is 5.10 Å². The van der Waals surface area contributed by atoms with Crippen LogP contribution in [0.1, 0.15) is 60.3 Å². The van der Waals surface area contributed by atoms with E-state index in [1.807, 2.05) is 16.0 Å². The molecule has 0 saturated carbocycles. The highest BCUT2D eigenvalue weighted by Crippen LogP contribution is 2.28. The molecular formula is C17H27N3S. The molecule has 0 aliphatic heterocycles. The van der Waals surface area contributed by atoms with E-state index >= 15 is 0 Å². The quantitative estimate of drug-likeness (QED) is 0.820. The Morgan fingerprint density at radius 3 is 2.62 bits per heavy atom. The van der Waals surface area contributed by atoms with Crippen LogP contribution in [0, 0.1) is 13.8 Å². The molecule has 0 aromatic carbocycles. The molecule has 0 radical (unpaired) electrons. The van der Waals surface area contributed by atoms with Gasteiger partial charge in [0.25, 0.3) is 0 Å². The van der Waals surface area contributed by atoms with E-state index in [0.717, 1.165) is 19.4 Å². The number of aromatic nitrogens is 2. The molecule has 4 heteroatoms. The Kier molecular flexibility index (Phi) is 5.59. The van der Waals surface area contributed by atoms with E-state index in [1.54, 1.807) is 0 Å². The standard InChI is InChI=1S/C17H27N3S/c1-6-8-18-16(17-10-13(4)14(5)21-17)11-15-7-9-20(19-15)12(2)3/h7,9-10,12,16,18H,6,8,11H2,1-5H3. The van der Waals surface area contributed by atoms with Gasteiger partial charge in [0.1, 0.15) is 0 Å². The Morgan fingerprint density at radius 1 is 1.33 bits per heavy atom. The summed E-state index contributed by atoms with van der Waals surface area (Å²) in [7, 11) is 0. The van der Waals surface area contributed by atoms with Crippen molar-refractivity contribution in [3.05, 3.63) is 39.3 Å². The maximum Gasteiger partial charge on any atom is 0.0644 e. The maximum absolute atomic E-state index is 4.69. The lowest BCUT2D eigenvalue weighted by Crippen LogP contribution is -2.23. The Bertz CT molecular complexity index is 549. The maximum atomic E-state index is 4.69. The van der Waals surface area contributed by atoms with E-state index in [1.165, 1.54) is 21.0 Å². The number of rotatable bonds is 7. The van der Waals surface area contributed by atoms with E-state index in [2.05, 4.69) is 58.3 Å². The first-order valence-electron chi connectivity index (χ1n) is 7.85. The lowest BCUT2D eigenvalue weighted by Gasteiger charge is -2.16. The van der Waals surface area contributed by atoms with Gasteiger partial charge in [0, 0.05) is 34.5 Å². The second kappa shape index (κ2) is 7.23. The lowest BCUT2D eigenvalue weighted by atomic mass is 10.1. The molecule has 2 aromatic rings. The van der Waals surface area contributed by atoms with Crippen molar-refractivity contribution in [3.63, 3.8) is 0 Å². The number of hydrogen-bond acceptors (Lipinski definition) is 3. The normalized spacial score (nSPS) is 13.0. The number of nitrogens with one attached hydrogen (secondary N) is 1. The van der Waals surface area contributed by atoms with Crippen LogP contribution in [0.3, 0.4) is 0 Å². The molecule has 0 aliphatic rings. The summed E-state index contributed by atoms with van der Waals surface area (Å²) in [5, 5.41) is 8.37. The molecule has 0 spiro atoms. The predicted molar refractivity (Wildman–Crippen MR) is 91.1 cm³/mol. The fourth-order valence-corrected chi connectivity index (χ4v) is 3.47. The molecule has 21 heavy (non-hydrogen) atoms. The molecule has 1 N–H and O–H groups in total. The first-order valence-corrected chi connectivity index (χ1v) is 8.67. The van der Waals surface area contributed by atoms with Gasteiger partial charge in [0.15, 0.2) is 0 Å². The minimum atomic E-state index is 0.373. The Morgan fingerprint density at radius 2 is 2.10 bits per heavy atom. The Labute approximate surface area is 132 Å². The first kappa shape index (κ1) is 16.2. The summed E-state index contributed by atoms with van der Waals surface area (Å²) >= 11 is 1.91. The molecule has 1 unspecified atom stereocenters. The smallest absolute Gasteiger partial charge is 0.0644 e. The molecule has 0 saturated heterocycles. The van der Waals surface area contributed by atoms with Crippen LogP contribution in [0.15, 0.2) is 18.3 Å². The average molecular weight is 305 g/mol. The first-order chi connectivity index (χ1) is 10.0. The van der Waals surface area contributed by atoms with Crippen LogP contribution in [0.4, 0.5) is 0 Å². The number of thiophene rings is 1. The van der Waals surface area contributed by atoms with Crippen molar-refractivity contribution < 1.29 is 0 Å². The third-order valence-electron chi connectivity index (χ3n) is 3.78. The molecule has 2 heterocycles. The van der Waals surface area contributed by atoms with Crippen LogP contribution in [-0.2, 0) is 6.42 Å². The summed E-state index contributed by atoms with van der Waals surface area (Å²) in [5.41, 5.74) is 2.56. The van der Waals surface area contributed by atoms with Gasteiger partial charge in [-0.3, -0.25) is 4.68 Å². The second-order valence-electron chi connectivity index (χ2n) is 5.98. The molecular weight excluding hydrogens is 278 g/mol. The summed E-state index contributed by atoms with van der Waals surface area (Å²) in [6.07, 6.45) is 4.20. The van der Waals surface area contributed by atoms with E-state index in [-0.39, 0.29) is 0 Å². The van der Waals surface area contributed by atoms with Gasteiger partial charge in [-0.05, 0) is 58.4 Å². The molecule has 0 amide bonds. The molecule has 2 rings (SSSR count). The SMILES string of the molecule is CCCNC(Cc1ccn(C(C)C)n1)c1cc(C)c(C)s1. The fraction of sp³-hybridized carbons (Fsp3) is 0.588. The van der Waals surface area contributed by atoms with Crippen LogP contribution < -0.4 is 5.32 Å². The highest BCUT2D eigenvalue weighted by molar-refractivity contribution is 7.12. The second-order valence-corrected chi connectivity index (χ2v) is 7.27. The summed E-state index contributed by atoms with van der Waals surface area (Å²) in [6, 6.07) is 5.27. The molecule has 0 aliphatic carbocycles. The van der Waals surface area contributed by atoms with Crippen LogP contribution >= 0.6 is 11.3 Å². The predicted octanol–water partition coefficient (Wildman–Crippen LogP) is 4.43. The molecule has 0 fully saturated rings. The summed E-state index contributed by atoms with van der Waals surface area (Å²) in [5.74, 6) is 0. The number of aryl methyl sites for hydroxylation is 2. The zero-order chi connectivity index (χ0) is 15.4. The number of hydrogen-bond donors (Lipinski definition) is 1. The zero-order valence-corrected chi connectivity index (χ0v) is 14.6. The monoisotopic (exact) mass is 305 g/mol. The van der Waals surface area contributed by atoms with E-state index in [9.17, 15) is 0 Å². The molecule has 2 aromatic heterocycles. The highest BCUT2D eigenvalue weighted by atomic mass is 32.1. The van der Waals surface area contributed by atoms with Gasteiger partial charge in [-0.25, -0.2) is 0 Å². The average Bonchev–Trinajstić information content (AvgIpc) is 3.02. The van der Waals surface area contributed by atoms with Crippen molar-refractivity contribution in [2.75, 3.05) is 6.54 Å². The summed E-state index contributed by atoms with van der Waals surface area (Å²) < 4.78 is 2.04. The van der Waals surface area contributed by atoms with Gasteiger partial charge < -0.3 is 5.32 Å². The molecule has 3 nitrogen and oxygen atoms in total. The molecule has 116 valence electrons. The molecule has 1 atom stereocenters. The van der Waals surface area contributed by atoms with E-state index in [0.29, 0.717) is 12.1 Å². The van der Waals surface area contributed by atoms with Crippen molar-refractivity contribution in [2.45, 2.75) is 59.5 Å². The van der Waals surface area contributed by atoms with Crippen LogP contribution in [-0.4, -0.2) is 16.3 Å². The van der Waals surface area contributed by atoms with Crippen molar-refractivity contribution >= 4 is 11.3 Å².